The Morgan fingerprint density at radius 3 is 2.00 bits per heavy atom. The molecule has 0 amide bonds. The number of benzene rings is 1. The number of aromatic carboxylic acids is 1. The van der Waals surface area contributed by atoms with Crippen LogP contribution in [0.25, 0.3) is 0 Å². The molecule has 0 aliphatic carbocycles. The third-order valence-corrected chi connectivity index (χ3v) is 1.02. The first-order valence-corrected chi connectivity index (χ1v) is 3.71. The molecule has 0 bridgehead atoms. The molecule has 2 N–H and O–H groups in total. The summed E-state index contributed by atoms with van der Waals surface area (Å²) >= 11 is 4.55. The van der Waals surface area contributed by atoms with Crippen molar-refractivity contribution in [3.8, 4) is 0 Å². The van der Waals surface area contributed by atoms with Crippen molar-refractivity contribution in [3.63, 3.8) is 0 Å². The van der Waals surface area contributed by atoms with Crippen molar-refractivity contribution in [1.29, 1.82) is 0 Å². The first-order valence-electron chi connectivity index (χ1n) is 3.17. The van der Waals surface area contributed by atoms with Gasteiger partial charge in [0.05, 0.1) is 5.56 Å². The highest BCUT2D eigenvalue weighted by Gasteiger charge is 1.96. The number of carbonyl (C=O) groups is 1. The third kappa shape index (κ3) is 4.71. The van der Waals surface area contributed by atoms with Crippen molar-refractivity contribution in [2.24, 2.45) is 0 Å². The molecule has 0 heterocycles. The topological polar surface area (TPSA) is 57.5 Å². The van der Waals surface area contributed by atoms with E-state index >= 15 is 0 Å². The van der Waals surface area contributed by atoms with Crippen LogP contribution in [0.3, 0.4) is 0 Å². The molecule has 0 fully saturated rings. The lowest BCUT2D eigenvalue weighted by molar-refractivity contribution is 0.0697. The molecule has 1 aromatic carbocycles. The van der Waals surface area contributed by atoms with E-state index in [4.69, 9.17) is 10.2 Å². The summed E-state index contributed by atoms with van der Waals surface area (Å²) in [6, 6.07) is 8.02. The molecule has 3 nitrogen and oxygen atoms in total. The normalized spacial score (nSPS) is 8.17. The highest BCUT2D eigenvalue weighted by atomic mass is 35.5. The molecule has 4 heteroatoms. The van der Waals surface area contributed by atoms with Gasteiger partial charge >= 0.3 is 5.97 Å². The molecule has 0 aromatic heterocycles. The molecular weight excluding hydrogens is 180 g/mol. The van der Waals surface area contributed by atoms with Crippen LogP contribution in [0.4, 0.5) is 0 Å². The summed E-state index contributed by atoms with van der Waals surface area (Å²) in [4.78, 5) is 10.2. The maximum absolute atomic E-state index is 10.2. The van der Waals surface area contributed by atoms with Gasteiger partial charge in [0.25, 0.3) is 0 Å². The summed E-state index contributed by atoms with van der Waals surface area (Å²) in [5, 5.41) is 15.7. The predicted octanol–water partition coefficient (Wildman–Crippen LogP) is 1.56. The van der Waals surface area contributed by atoms with Crippen molar-refractivity contribution in [1.82, 2.24) is 0 Å². The molecule has 0 aliphatic rings. The SMILES string of the molecule is O=C(O)c1ccccc1.OCCl. The second kappa shape index (κ2) is 6.64. The fourth-order valence-electron chi connectivity index (χ4n) is 0.581. The molecule has 0 atom stereocenters. The van der Waals surface area contributed by atoms with Crippen LogP contribution >= 0.6 is 11.6 Å². The minimum atomic E-state index is -0.879. The Morgan fingerprint density at radius 1 is 1.33 bits per heavy atom. The summed E-state index contributed by atoms with van der Waals surface area (Å²) in [5.74, 6) is -0.879. The molecule has 12 heavy (non-hydrogen) atoms. The molecule has 0 radical (unpaired) electrons. The molecule has 1 aromatic rings. The fourth-order valence-corrected chi connectivity index (χ4v) is 0.581. The fraction of sp³-hybridized carbons (Fsp3) is 0.125. The molecule has 1 rings (SSSR count). The zero-order valence-corrected chi connectivity index (χ0v) is 7.03. The van der Waals surface area contributed by atoms with Gasteiger partial charge in [0.2, 0.25) is 0 Å². The van der Waals surface area contributed by atoms with Crippen molar-refractivity contribution in [2.75, 3.05) is 6.07 Å². The Kier molecular flexibility index (Phi) is 6.05. The van der Waals surface area contributed by atoms with E-state index in [2.05, 4.69) is 11.6 Å². The summed E-state index contributed by atoms with van der Waals surface area (Å²) < 4.78 is 0. The summed E-state index contributed by atoms with van der Waals surface area (Å²) in [6.45, 7) is 0. The van der Waals surface area contributed by atoms with Crippen LogP contribution in [0.15, 0.2) is 30.3 Å². The van der Waals surface area contributed by atoms with E-state index in [1.54, 1.807) is 30.3 Å². The summed E-state index contributed by atoms with van der Waals surface area (Å²) in [5.41, 5.74) is 0.331. The molecule has 0 unspecified atom stereocenters. The Morgan fingerprint density at radius 2 is 1.75 bits per heavy atom. The Balaban J connectivity index is 0.000000354. The maximum atomic E-state index is 10.2. The van der Waals surface area contributed by atoms with Crippen LogP contribution in [-0.2, 0) is 0 Å². The minimum absolute atomic E-state index is 0.278. The lowest BCUT2D eigenvalue weighted by atomic mass is 10.2. The van der Waals surface area contributed by atoms with Crippen LogP contribution in [0.5, 0.6) is 0 Å². The lowest BCUT2D eigenvalue weighted by Crippen LogP contribution is -1.93. The van der Waals surface area contributed by atoms with Gasteiger partial charge in [-0.15, -0.1) is 0 Å². The monoisotopic (exact) mass is 188 g/mol. The van der Waals surface area contributed by atoms with Gasteiger partial charge in [0.1, 0.15) is 6.07 Å². The molecule has 0 aliphatic heterocycles. The van der Waals surface area contributed by atoms with Gasteiger partial charge in [-0.3, -0.25) is 0 Å². The molecule has 0 saturated carbocycles. The van der Waals surface area contributed by atoms with E-state index in [0.717, 1.165) is 0 Å². The molecule has 0 saturated heterocycles. The molecule has 0 spiro atoms. The Hall–Kier alpha value is -1.06. The summed E-state index contributed by atoms with van der Waals surface area (Å²) in [7, 11) is 0. The van der Waals surface area contributed by atoms with Gasteiger partial charge < -0.3 is 10.2 Å². The Labute approximate surface area is 75.2 Å². The zero-order valence-electron chi connectivity index (χ0n) is 6.27. The zero-order chi connectivity index (χ0) is 9.40. The molecular formula is C8H9ClO3. The maximum Gasteiger partial charge on any atom is 0.335 e. The van der Waals surface area contributed by atoms with Crippen LogP contribution in [-0.4, -0.2) is 22.2 Å². The van der Waals surface area contributed by atoms with Gasteiger partial charge in [0.15, 0.2) is 0 Å². The number of alkyl halides is 1. The quantitative estimate of drug-likeness (QED) is 0.658. The first kappa shape index (κ1) is 10.9. The van der Waals surface area contributed by atoms with Gasteiger partial charge in [-0.1, -0.05) is 29.8 Å². The average Bonchev–Trinajstić information content (AvgIpc) is 2.07. The largest absolute Gasteiger partial charge is 0.478 e. The molecule has 66 valence electrons. The van der Waals surface area contributed by atoms with E-state index in [-0.39, 0.29) is 6.07 Å². The number of aliphatic hydroxyl groups excluding tert-OH is 1. The van der Waals surface area contributed by atoms with Gasteiger partial charge in [-0.25, -0.2) is 4.79 Å². The second-order valence-corrected chi connectivity index (χ2v) is 2.03. The van der Waals surface area contributed by atoms with Gasteiger partial charge in [-0.2, -0.15) is 0 Å². The van der Waals surface area contributed by atoms with E-state index in [9.17, 15) is 4.79 Å². The standard InChI is InChI=1S/C7H6O2.CH3ClO/c8-7(9)6-4-2-1-3-5-6;2-1-3/h1-5H,(H,8,9);3H,1H2. The van der Waals surface area contributed by atoms with Crippen LogP contribution in [0, 0.1) is 0 Å². The van der Waals surface area contributed by atoms with Crippen molar-refractivity contribution in [2.45, 2.75) is 0 Å². The van der Waals surface area contributed by atoms with E-state index in [1.807, 2.05) is 0 Å². The van der Waals surface area contributed by atoms with E-state index in [0.29, 0.717) is 5.56 Å². The highest BCUT2D eigenvalue weighted by Crippen LogP contribution is 1.96. The number of aliphatic hydroxyl groups is 1. The number of carboxylic acids is 1. The third-order valence-electron chi connectivity index (χ3n) is 1.02. The average molecular weight is 189 g/mol. The predicted molar refractivity (Wildman–Crippen MR) is 46.3 cm³/mol. The van der Waals surface area contributed by atoms with Crippen LogP contribution in [0.2, 0.25) is 0 Å². The lowest BCUT2D eigenvalue weighted by Gasteiger charge is -1.88. The Bertz CT molecular complexity index is 223. The number of halogens is 1. The number of carboxylic acid groups (broad SMARTS) is 1. The second-order valence-electron chi connectivity index (χ2n) is 1.79. The van der Waals surface area contributed by atoms with E-state index in [1.165, 1.54) is 0 Å². The van der Waals surface area contributed by atoms with Crippen molar-refractivity contribution >= 4 is 17.6 Å². The highest BCUT2D eigenvalue weighted by molar-refractivity contribution is 6.16. The number of rotatable bonds is 1. The number of hydrogen-bond donors (Lipinski definition) is 2. The van der Waals surface area contributed by atoms with Crippen molar-refractivity contribution < 1.29 is 15.0 Å². The van der Waals surface area contributed by atoms with Gasteiger partial charge in [-0.05, 0) is 12.1 Å². The van der Waals surface area contributed by atoms with Gasteiger partial charge in [0, 0.05) is 0 Å². The summed E-state index contributed by atoms with van der Waals surface area (Å²) in [6.07, 6.45) is 0. The smallest absolute Gasteiger partial charge is 0.335 e. The van der Waals surface area contributed by atoms with Crippen LogP contribution in [0.1, 0.15) is 10.4 Å². The first-order chi connectivity index (χ1) is 5.72. The van der Waals surface area contributed by atoms with E-state index < -0.39 is 5.97 Å². The van der Waals surface area contributed by atoms with Crippen LogP contribution < -0.4 is 0 Å². The minimum Gasteiger partial charge on any atom is -0.478 e. The number of hydrogen-bond acceptors (Lipinski definition) is 2. The van der Waals surface area contributed by atoms with Crippen molar-refractivity contribution in [3.05, 3.63) is 35.9 Å².